The molecule has 0 fully saturated rings. The summed E-state index contributed by atoms with van der Waals surface area (Å²) in [5.41, 5.74) is 6.08. The molecule has 0 saturated heterocycles. The molecule has 4 atom stereocenters. The lowest BCUT2D eigenvalue weighted by molar-refractivity contribution is -0.868. The molecule has 0 aromatic rings. The van der Waals surface area contributed by atoms with Gasteiger partial charge in [-0.25, -0.2) is 9.59 Å². The van der Waals surface area contributed by atoms with Gasteiger partial charge in [0.25, 0.3) is 0 Å². The summed E-state index contributed by atoms with van der Waals surface area (Å²) in [4.78, 5) is 26.2. The molecule has 4 aliphatic rings. The molecule has 2 aliphatic carbocycles. The Bertz CT molecular complexity index is 1080. The minimum Gasteiger partial charge on any atom is -0.465 e. The van der Waals surface area contributed by atoms with Crippen LogP contribution in [-0.4, -0.2) is 49.5 Å². The molecule has 7 nitrogen and oxygen atoms in total. The van der Waals surface area contributed by atoms with Crippen LogP contribution in [-0.2, 0) is 21.3 Å². The van der Waals surface area contributed by atoms with Crippen molar-refractivity contribution in [2.45, 2.75) is 19.4 Å². The third kappa shape index (κ3) is 3.28. The number of aromatic nitrogens is 1. The Hall–Kier alpha value is -2.90. The Kier molecular flexibility index (Phi) is 5.49. The summed E-state index contributed by atoms with van der Waals surface area (Å²) in [5, 5.41) is 10.1. The zero-order valence-corrected chi connectivity index (χ0v) is 18.6. The van der Waals surface area contributed by atoms with Crippen molar-refractivity contribution in [3.05, 3.63) is 58.6 Å². The van der Waals surface area contributed by atoms with Gasteiger partial charge in [0, 0.05) is 48.0 Å². The summed E-state index contributed by atoms with van der Waals surface area (Å²) < 4.78 is 12.0. The number of rotatable bonds is 4. The van der Waals surface area contributed by atoms with Crippen LogP contribution < -0.4 is 4.90 Å². The van der Waals surface area contributed by atoms with E-state index in [4.69, 9.17) is 9.47 Å². The molecule has 2 N–H and O–H groups in total. The van der Waals surface area contributed by atoms with E-state index in [-0.39, 0.29) is 36.4 Å². The van der Waals surface area contributed by atoms with E-state index in [9.17, 15) is 14.7 Å². The topological polar surface area (TPSA) is 82.2 Å². The van der Waals surface area contributed by atoms with Gasteiger partial charge in [0.2, 0.25) is 0 Å². The van der Waals surface area contributed by atoms with Crippen LogP contribution in [0.1, 0.15) is 33.9 Å². The Morgan fingerprint density at radius 2 is 1.94 bits per heavy atom. The van der Waals surface area contributed by atoms with Gasteiger partial charge < -0.3 is 24.0 Å². The quantitative estimate of drug-likeness (QED) is 0.572. The number of pyridine rings is 1. The van der Waals surface area contributed by atoms with Crippen molar-refractivity contribution in [3.63, 3.8) is 0 Å². The molecule has 31 heavy (non-hydrogen) atoms. The molecule has 2 aliphatic heterocycles. The van der Waals surface area contributed by atoms with E-state index in [2.05, 4.69) is 6.07 Å². The number of fused-ring (bicyclic) bond motifs is 2. The first-order valence-electron chi connectivity index (χ1n) is 10.4. The minimum absolute atomic E-state index is 0.0597. The zero-order chi connectivity index (χ0) is 22.4. The second-order valence-electron chi connectivity index (χ2n) is 8.52. The van der Waals surface area contributed by atoms with E-state index in [0.29, 0.717) is 17.6 Å². The predicted octanol–water partition coefficient (Wildman–Crippen LogP) is 1.41. The van der Waals surface area contributed by atoms with Gasteiger partial charge in [0.1, 0.15) is 12.2 Å². The Morgan fingerprint density at radius 3 is 2.58 bits per heavy atom. The minimum atomic E-state index is -0.381. The normalized spacial score (nSPS) is 25.1. The standard InChI is InChI=1S/C24H28N2O5/c1-13-8-16(21-17(13)9-25(2)10-19(21)24(29)31-5)22-20-14(12-27)6-7-15(20)18(11-26(22)3)23(28)30-4/h6,8-11,15,20,22,27H,7,12H2,1-5H3/p+1/t15-,20-,22+/m1/s1. The van der Waals surface area contributed by atoms with Crippen molar-refractivity contribution >= 4 is 11.9 Å². The molecular formula is C24H29N2O5+. The number of hydrogen-bond donors (Lipinski definition) is 2. The lowest BCUT2D eigenvalue weighted by Gasteiger charge is -2.38. The van der Waals surface area contributed by atoms with Crippen LogP contribution in [0.4, 0.5) is 0 Å². The predicted molar refractivity (Wildman–Crippen MR) is 115 cm³/mol. The molecule has 0 aromatic heterocycles. The Morgan fingerprint density at radius 1 is 1.23 bits per heavy atom. The number of esters is 2. The van der Waals surface area contributed by atoms with Gasteiger partial charge in [0.05, 0.1) is 39.0 Å². The van der Waals surface area contributed by atoms with E-state index in [1.54, 1.807) is 6.20 Å². The SMILES string of the molecule is COC(=O)C1=C[NH+](C)[C@@H](c2cc(C)c3cn(C)cc(C(=O)OC)c2-3)[C@@H]2C(CO)=CC[C@H]12. The molecular weight excluding hydrogens is 396 g/mol. The smallest absolute Gasteiger partial charge is 0.339 e. The molecule has 0 bridgehead atoms. The largest absolute Gasteiger partial charge is 0.465 e. The summed E-state index contributed by atoms with van der Waals surface area (Å²) in [7, 11) is 6.68. The fourth-order valence-corrected chi connectivity index (χ4v) is 5.47. The number of aliphatic hydroxyl groups is 1. The Balaban J connectivity index is 1.94. The van der Waals surface area contributed by atoms with Crippen LogP contribution in [0.15, 0.2) is 41.9 Å². The van der Waals surface area contributed by atoms with Crippen molar-refractivity contribution in [2.24, 2.45) is 18.9 Å². The number of ether oxygens (including phenoxy) is 2. The molecule has 164 valence electrons. The average molecular weight is 426 g/mol. The number of allylic oxidation sites excluding steroid dienone is 1. The summed E-state index contributed by atoms with van der Waals surface area (Å²) in [5.74, 6) is -0.831. The summed E-state index contributed by atoms with van der Waals surface area (Å²) in [6.07, 6.45) is 8.46. The number of aryl methyl sites for hydroxylation is 2. The monoisotopic (exact) mass is 425 g/mol. The lowest BCUT2D eigenvalue weighted by Crippen LogP contribution is -3.06. The van der Waals surface area contributed by atoms with Crippen molar-refractivity contribution in [1.29, 1.82) is 0 Å². The first kappa shape index (κ1) is 21.3. The van der Waals surface area contributed by atoms with Crippen LogP contribution in [0.3, 0.4) is 0 Å². The summed E-state index contributed by atoms with van der Waals surface area (Å²) in [6, 6.07) is 2.07. The highest BCUT2D eigenvalue weighted by Gasteiger charge is 2.49. The molecule has 0 aromatic carbocycles. The van der Waals surface area contributed by atoms with E-state index >= 15 is 0 Å². The molecule has 4 rings (SSSR count). The van der Waals surface area contributed by atoms with Gasteiger partial charge in [-0.05, 0) is 30.5 Å². The number of nitrogens with one attached hydrogen (secondary N) is 1. The van der Waals surface area contributed by atoms with E-state index in [1.165, 1.54) is 14.2 Å². The molecule has 0 radical (unpaired) electrons. The van der Waals surface area contributed by atoms with E-state index in [0.717, 1.165) is 32.7 Å². The van der Waals surface area contributed by atoms with Gasteiger partial charge in [0.15, 0.2) is 0 Å². The number of carbonyl (C=O) groups excluding carboxylic acids is 2. The van der Waals surface area contributed by atoms with Gasteiger partial charge >= 0.3 is 11.9 Å². The van der Waals surface area contributed by atoms with Crippen LogP contribution in [0.2, 0.25) is 0 Å². The van der Waals surface area contributed by atoms with Gasteiger partial charge in [-0.15, -0.1) is 0 Å². The number of nitrogens with zero attached hydrogens (tertiary/aromatic N) is 1. The Labute approximate surface area is 181 Å². The average Bonchev–Trinajstić information content (AvgIpc) is 3.33. The highest BCUT2D eigenvalue weighted by molar-refractivity contribution is 5.99. The fraction of sp³-hybridized carbons (Fsp3) is 0.417. The third-order valence-electron chi connectivity index (χ3n) is 6.76. The number of methoxy groups -OCH3 is 2. The highest BCUT2D eigenvalue weighted by Crippen LogP contribution is 2.48. The van der Waals surface area contributed by atoms with Crippen molar-refractivity contribution in [3.8, 4) is 11.1 Å². The van der Waals surface area contributed by atoms with Crippen molar-refractivity contribution in [1.82, 2.24) is 4.57 Å². The van der Waals surface area contributed by atoms with Crippen LogP contribution in [0.25, 0.3) is 11.1 Å². The first-order valence-corrected chi connectivity index (χ1v) is 10.4. The molecule has 2 heterocycles. The van der Waals surface area contributed by atoms with Crippen molar-refractivity contribution in [2.75, 3.05) is 27.9 Å². The maximum absolute atomic E-state index is 12.7. The molecule has 0 spiro atoms. The van der Waals surface area contributed by atoms with Gasteiger partial charge in [-0.1, -0.05) is 6.08 Å². The van der Waals surface area contributed by atoms with Crippen LogP contribution in [0.5, 0.6) is 0 Å². The van der Waals surface area contributed by atoms with E-state index < -0.39 is 0 Å². The molecule has 0 saturated carbocycles. The van der Waals surface area contributed by atoms with Crippen LogP contribution >= 0.6 is 0 Å². The maximum atomic E-state index is 12.7. The number of carbonyl (C=O) groups is 2. The number of quaternary nitrogens is 1. The fourth-order valence-electron chi connectivity index (χ4n) is 5.47. The molecule has 7 heteroatoms. The number of aliphatic hydroxyl groups excluding tert-OH is 1. The van der Waals surface area contributed by atoms with Crippen molar-refractivity contribution < 1.29 is 29.1 Å². The van der Waals surface area contributed by atoms with Gasteiger partial charge in [-0.2, -0.15) is 0 Å². The zero-order valence-electron chi connectivity index (χ0n) is 18.6. The second-order valence-corrected chi connectivity index (χ2v) is 8.52. The summed E-state index contributed by atoms with van der Waals surface area (Å²) in [6.45, 7) is 1.98. The maximum Gasteiger partial charge on any atom is 0.339 e. The third-order valence-corrected chi connectivity index (χ3v) is 6.76. The summed E-state index contributed by atoms with van der Waals surface area (Å²) >= 11 is 0. The lowest BCUT2D eigenvalue weighted by atomic mass is 9.74. The number of hydrogen-bond acceptors (Lipinski definition) is 5. The first-order chi connectivity index (χ1) is 14.8. The highest BCUT2D eigenvalue weighted by atomic mass is 16.5. The molecule has 1 unspecified atom stereocenters. The van der Waals surface area contributed by atoms with Crippen LogP contribution in [0, 0.1) is 18.8 Å². The van der Waals surface area contributed by atoms with E-state index in [1.807, 2.05) is 44.1 Å². The second kappa shape index (κ2) is 7.98. The van der Waals surface area contributed by atoms with Gasteiger partial charge in [-0.3, -0.25) is 0 Å². The molecule has 0 amide bonds.